The molecule has 0 bridgehead atoms. The van der Waals surface area contributed by atoms with Gasteiger partial charge in [0.15, 0.2) is 17.5 Å². The summed E-state index contributed by atoms with van der Waals surface area (Å²) in [5, 5.41) is 6.55. The molecule has 0 radical (unpaired) electrons. The number of pyridine rings is 1. The molecule has 1 aliphatic heterocycles. The largest absolute Gasteiger partial charge is 0.457 e. The molecule has 2 aromatic carbocycles. The van der Waals surface area contributed by atoms with Crippen molar-refractivity contribution in [3.8, 4) is 11.5 Å². The van der Waals surface area contributed by atoms with Gasteiger partial charge in [0, 0.05) is 44.0 Å². The van der Waals surface area contributed by atoms with E-state index in [2.05, 4.69) is 32.2 Å². The van der Waals surface area contributed by atoms with Gasteiger partial charge in [0.2, 0.25) is 0 Å². The molecule has 2 N–H and O–H groups in total. The van der Waals surface area contributed by atoms with E-state index >= 15 is 0 Å². The number of rotatable bonds is 9. The molecular weight excluding hydrogens is 543 g/mol. The first-order chi connectivity index (χ1) is 19.9. The first-order valence-electron chi connectivity index (χ1n) is 13.3. The number of carbonyl (C=O) groups is 1. The minimum absolute atomic E-state index is 0.0715. The minimum Gasteiger partial charge on any atom is -0.457 e. The van der Waals surface area contributed by atoms with Gasteiger partial charge in [-0.05, 0) is 49.1 Å². The van der Waals surface area contributed by atoms with Crippen molar-refractivity contribution >= 4 is 34.7 Å². The molecule has 0 aliphatic carbocycles. The maximum atomic E-state index is 14.7. The van der Waals surface area contributed by atoms with Crippen LogP contribution in [-0.4, -0.2) is 52.4 Å². The van der Waals surface area contributed by atoms with Crippen LogP contribution in [0.2, 0.25) is 5.02 Å². The predicted molar refractivity (Wildman–Crippen MR) is 159 cm³/mol. The third-order valence-corrected chi connectivity index (χ3v) is 7.09. The molecular formula is C31H30ClFN6O2. The Morgan fingerprint density at radius 1 is 1.10 bits per heavy atom. The lowest BCUT2D eigenvalue weighted by Gasteiger charge is -2.33. The minimum atomic E-state index is -0.574. The van der Waals surface area contributed by atoms with Gasteiger partial charge in [-0.2, -0.15) is 0 Å². The summed E-state index contributed by atoms with van der Waals surface area (Å²) in [6, 6.07) is 18.3. The van der Waals surface area contributed by atoms with Crippen molar-refractivity contribution in [3.63, 3.8) is 0 Å². The van der Waals surface area contributed by atoms with Crippen LogP contribution in [0.1, 0.15) is 34.6 Å². The fourth-order valence-corrected chi connectivity index (χ4v) is 4.96. The third-order valence-electron chi connectivity index (χ3n) is 6.88. The molecule has 1 unspecified atom stereocenters. The molecule has 41 heavy (non-hydrogen) atoms. The van der Waals surface area contributed by atoms with Crippen molar-refractivity contribution in [2.45, 2.75) is 12.8 Å². The summed E-state index contributed by atoms with van der Waals surface area (Å²) in [6.45, 7) is 5.69. The average Bonchev–Trinajstić information content (AvgIpc) is 3.01. The van der Waals surface area contributed by atoms with Crippen LogP contribution in [0, 0.1) is 11.7 Å². The number of ether oxygens (including phenoxy) is 1. The first kappa shape index (κ1) is 28.0. The number of carbonyl (C=O) groups excluding carboxylic acids is 1. The number of likely N-dealkylation sites (tertiary alicyclic amines) is 1. The maximum absolute atomic E-state index is 14.7. The van der Waals surface area contributed by atoms with Crippen molar-refractivity contribution < 1.29 is 13.9 Å². The number of hydrogen-bond donors (Lipinski definition) is 2. The van der Waals surface area contributed by atoms with Crippen LogP contribution in [0.5, 0.6) is 11.5 Å². The fourth-order valence-electron chi connectivity index (χ4n) is 4.80. The standard InChI is InChI=1S/C31H30ClFN6O2/c1-20(25-15-22(32)17-36-29(25)34-2)28-37-18-26(33)30(38-28)35-16-21-9-8-14-39(19-21)31(40)24-12-6-7-13-27(24)41-23-10-4-3-5-11-23/h3-7,10-13,15,17-18,21H,1,8-9,14,16,19H2,2H3,(H,34,36)(H,35,37,38). The zero-order valence-corrected chi connectivity index (χ0v) is 23.4. The second kappa shape index (κ2) is 12.8. The summed E-state index contributed by atoms with van der Waals surface area (Å²) >= 11 is 6.14. The molecule has 1 amide bonds. The van der Waals surface area contributed by atoms with E-state index in [4.69, 9.17) is 16.3 Å². The van der Waals surface area contributed by atoms with Gasteiger partial charge in [-0.1, -0.05) is 48.5 Å². The number of nitrogens with one attached hydrogen (secondary N) is 2. The molecule has 1 fully saturated rings. The Morgan fingerprint density at radius 2 is 1.88 bits per heavy atom. The second-order valence-electron chi connectivity index (χ2n) is 9.72. The Bertz CT molecular complexity index is 1550. The van der Waals surface area contributed by atoms with Gasteiger partial charge in [-0.15, -0.1) is 0 Å². The zero-order valence-electron chi connectivity index (χ0n) is 22.6. The fraction of sp³-hybridized carbons (Fsp3) is 0.226. The topological polar surface area (TPSA) is 92.3 Å². The summed E-state index contributed by atoms with van der Waals surface area (Å²) in [6.07, 6.45) is 4.37. The summed E-state index contributed by atoms with van der Waals surface area (Å²) in [4.78, 5) is 28.2. The van der Waals surface area contributed by atoms with E-state index in [1.165, 1.54) is 6.20 Å². The van der Waals surface area contributed by atoms with E-state index in [-0.39, 0.29) is 23.5 Å². The Labute approximate surface area is 243 Å². The Hall–Kier alpha value is -4.50. The summed E-state index contributed by atoms with van der Waals surface area (Å²) < 4.78 is 20.7. The number of hydrogen-bond acceptors (Lipinski definition) is 7. The van der Waals surface area contributed by atoms with Gasteiger partial charge in [0.25, 0.3) is 5.91 Å². The molecule has 5 rings (SSSR count). The van der Waals surface area contributed by atoms with Crippen molar-refractivity contribution in [2.75, 3.05) is 37.3 Å². The smallest absolute Gasteiger partial charge is 0.257 e. The number of nitrogens with zero attached hydrogens (tertiary/aromatic N) is 4. The number of para-hydroxylation sites is 2. The summed E-state index contributed by atoms with van der Waals surface area (Å²) in [5.74, 6) is 1.49. The van der Waals surface area contributed by atoms with E-state index < -0.39 is 5.82 Å². The molecule has 0 spiro atoms. The normalized spacial score (nSPS) is 14.8. The molecule has 8 nitrogen and oxygen atoms in total. The van der Waals surface area contributed by atoms with E-state index in [0.29, 0.717) is 58.7 Å². The van der Waals surface area contributed by atoms with Gasteiger partial charge in [0.1, 0.15) is 17.3 Å². The SMILES string of the molecule is C=C(c1ncc(F)c(NCC2CCCN(C(=O)c3ccccc3Oc3ccccc3)C2)n1)c1cc(Cl)cnc1NC. The summed E-state index contributed by atoms with van der Waals surface area (Å²) in [5.41, 5.74) is 1.58. The highest BCUT2D eigenvalue weighted by Crippen LogP contribution is 2.30. The highest BCUT2D eigenvalue weighted by molar-refractivity contribution is 6.30. The number of piperidine rings is 1. The van der Waals surface area contributed by atoms with E-state index in [0.717, 1.165) is 19.0 Å². The zero-order chi connectivity index (χ0) is 28.8. The third kappa shape index (κ3) is 6.63. The number of anilines is 2. The molecule has 0 saturated carbocycles. The molecule has 3 heterocycles. The monoisotopic (exact) mass is 572 g/mol. The van der Waals surface area contributed by atoms with Gasteiger partial charge >= 0.3 is 0 Å². The molecule has 210 valence electrons. The van der Waals surface area contributed by atoms with Crippen LogP contribution < -0.4 is 15.4 Å². The van der Waals surface area contributed by atoms with Crippen LogP contribution in [0.15, 0.2) is 79.6 Å². The Balaban J connectivity index is 1.26. The van der Waals surface area contributed by atoms with E-state index in [1.807, 2.05) is 47.4 Å². The highest BCUT2D eigenvalue weighted by Gasteiger charge is 2.27. The predicted octanol–water partition coefficient (Wildman–Crippen LogP) is 6.52. The van der Waals surface area contributed by atoms with Crippen LogP contribution in [0.3, 0.4) is 0 Å². The molecule has 1 atom stereocenters. The number of halogens is 2. The van der Waals surface area contributed by atoms with Crippen LogP contribution in [0.25, 0.3) is 5.57 Å². The molecule has 4 aromatic rings. The number of aromatic nitrogens is 3. The van der Waals surface area contributed by atoms with Crippen molar-refractivity contribution in [1.29, 1.82) is 0 Å². The Morgan fingerprint density at radius 3 is 2.68 bits per heavy atom. The highest BCUT2D eigenvalue weighted by atomic mass is 35.5. The van der Waals surface area contributed by atoms with Crippen molar-refractivity contribution in [2.24, 2.45) is 5.92 Å². The Kier molecular flexibility index (Phi) is 8.74. The van der Waals surface area contributed by atoms with Crippen LogP contribution >= 0.6 is 11.6 Å². The van der Waals surface area contributed by atoms with Crippen molar-refractivity contribution in [1.82, 2.24) is 19.9 Å². The summed E-state index contributed by atoms with van der Waals surface area (Å²) in [7, 11) is 1.73. The van der Waals surface area contributed by atoms with Gasteiger partial charge in [-0.3, -0.25) is 4.79 Å². The molecule has 1 aliphatic rings. The van der Waals surface area contributed by atoms with Gasteiger partial charge in [0.05, 0.1) is 16.8 Å². The lowest BCUT2D eigenvalue weighted by molar-refractivity contribution is 0.0677. The lowest BCUT2D eigenvalue weighted by Crippen LogP contribution is -2.42. The van der Waals surface area contributed by atoms with Crippen LogP contribution in [-0.2, 0) is 0 Å². The average molecular weight is 573 g/mol. The van der Waals surface area contributed by atoms with E-state index in [1.54, 1.807) is 25.2 Å². The van der Waals surface area contributed by atoms with Crippen molar-refractivity contribution in [3.05, 3.63) is 107 Å². The van der Waals surface area contributed by atoms with Gasteiger partial charge in [-0.25, -0.2) is 19.3 Å². The molecule has 10 heteroatoms. The quantitative estimate of drug-likeness (QED) is 0.236. The first-order valence-corrected chi connectivity index (χ1v) is 13.7. The number of benzene rings is 2. The molecule has 2 aromatic heterocycles. The van der Waals surface area contributed by atoms with Crippen LogP contribution in [0.4, 0.5) is 16.0 Å². The maximum Gasteiger partial charge on any atom is 0.257 e. The van der Waals surface area contributed by atoms with E-state index in [9.17, 15) is 9.18 Å². The second-order valence-corrected chi connectivity index (χ2v) is 10.2. The number of amides is 1. The lowest BCUT2D eigenvalue weighted by atomic mass is 9.97. The van der Waals surface area contributed by atoms with Gasteiger partial charge < -0.3 is 20.3 Å². The molecule has 1 saturated heterocycles.